The minimum atomic E-state index is 0.463. The van der Waals surface area contributed by atoms with Gasteiger partial charge < -0.3 is 4.74 Å². The third-order valence-corrected chi connectivity index (χ3v) is 3.60. The molecule has 0 fully saturated rings. The zero-order valence-corrected chi connectivity index (χ0v) is 13.1. The molecule has 1 aromatic heterocycles. The highest BCUT2D eigenvalue weighted by Crippen LogP contribution is 2.23. The summed E-state index contributed by atoms with van der Waals surface area (Å²) in [4.78, 5) is 0. The van der Waals surface area contributed by atoms with Crippen molar-refractivity contribution >= 4 is 11.6 Å². The van der Waals surface area contributed by atoms with Crippen molar-refractivity contribution in [2.24, 2.45) is 0 Å². The molecule has 0 amide bonds. The van der Waals surface area contributed by atoms with E-state index in [4.69, 9.17) is 16.3 Å². The van der Waals surface area contributed by atoms with Crippen LogP contribution in [0.25, 0.3) is 0 Å². The summed E-state index contributed by atoms with van der Waals surface area (Å²) in [5.41, 5.74) is 4.43. The molecule has 0 bridgehead atoms. The van der Waals surface area contributed by atoms with Crippen molar-refractivity contribution in [2.45, 2.75) is 46.2 Å². The van der Waals surface area contributed by atoms with Crippen molar-refractivity contribution < 1.29 is 4.74 Å². The van der Waals surface area contributed by atoms with E-state index < -0.39 is 0 Å². The summed E-state index contributed by atoms with van der Waals surface area (Å²) < 4.78 is 7.92. The molecule has 0 N–H and O–H groups in total. The molecule has 0 aliphatic rings. The summed E-state index contributed by atoms with van der Waals surface area (Å²) in [7, 11) is 0. The molecule has 0 unspecified atom stereocenters. The van der Waals surface area contributed by atoms with Crippen LogP contribution < -0.4 is 4.74 Å². The molecule has 1 aromatic carbocycles. The Bertz CT molecular complexity index is 578. The minimum Gasteiger partial charge on any atom is -0.487 e. The highest BCUT2D eigenvalue weighted by Gasteiger charge is 2.08. The van der Waals surface area contributed by atoms with E-state index in [9.17, 15) is 0 Å². The molecule has 2 rings (SSSR count). The van der Waals surface area contributed by atoms with Gasteiger partial charge in [0.2, 0.25) is 0 Å². The molecule has 0 aliphatic carbocycles. The van der Waals surface area contributed by atoms with Gasteiger partial charge in [-0.25, -0.2) is 0 Å². The number of alkyl halides is 1. The summed E-state index contributed by atoms with van der Waals surface area (Å²) in [5.74, 6) is 1.32. The zero-order chi connectivity index (χ0) is 14.5. The first kappa shape index (κ1) is 14.9. The highest BCUT2D eigenvalue weighted by atomic mass is 35.5. The van der Waals surface area contributed by atoms with Crippen molar-refractivity contribution in [1.82, 2.24) is 9.78 Å². The lowest BCUT2D eigenvalue weighted by atomic mass is 10.1. The number of hydrogen-bond donors (Lipinski definition) is 0. The van der Waals surface area contributed by atoms with E-state index in [1.807, 2.05) is 16.8 Å². The summed E-state index contributed by atoms with van der Waals surface area (Å²) in [6.07, 6.45) is 0.942. The second kappa shape index (κ2) is 6.80. The maximum atomic E-state index is 5.97. The minimum absolute atomic E-state index is 0.463. The Hall–Kier alpha value is -1.48. The normalized spacial score (nSPS) is 10.8. The van der Waals surface area contributed by atoms with Gasteiger partial charge in [0.25, 0.3) is 0 Å². The average Bonchev–Trinajstić information content (AvgIpc) is 2.88. The second-order valence-corrected chi connectivity index (χ2v) is 5.10. The maximum absolute atomic E-state index is 5.97. The Balaban J connectivity index is 2.14. The smallest absolute Gasteiger partial charge is 0.130 e. The molecule has 1 heterocycles. The van der Waals surface area contributed by atoms with Crippen molar-refractivity contribution in [3.63, 3.8) is 0 Å². The second-order valence-electron chi connectivity index (χ2n) is 4.83. The number of rotatable bonds is 6. The Morgan fingerprint density at radius 3 is 2.70 bits per heavy atom. The van der Waals surface area contributed by atoms with Crippen LogP contribution in [0, 0.1) is 6.92 Å². The van der Waals surface area contributed by atoms with Crippen LogP contribution in [0.15, 0.2) is 24.3 Å². The average molecular weight is 293 g/mol. The van der Waals surface area contributed by atoms with E-state index in [0.717, 1.165) is 35.7 Å². The topological polar surface area (TPSA) is 27.1 Å². The van der Waals surface area contributed by atoms with Crippen LogP contribution in [-0.4, -0.2) is 9.78 Å². The van der Waals surface area contributed by atoms with Gasteiger partial charge in [0, 0.05) is 12.1 Å². The fraction of sp³-hybridized carbons (Fsp3) is 0.438. The molecule has 20 heavy (non-hydrogen) atoms. The first-order valence-corrected chi connectivity index (χ1v) is 7.55. The van der Waals surface area contributed by atoms with Gasteiger partial charge in [-0.2, -0.15) is 5.10 Å². The van der Waals surface area contributed by atoms with E-state index in [1.165, 1.54) is 5.56 Å². The summed E-state index contributed by atoms with van der Waals surface area (Å²) in [6.45, 7) is 7.63. The Morgan fingerprint density at radius 1 is 1.25 bits per heavy atom. The fourth-order valence-electron chi connectivity index (χ4n) is 2.18. The molecule has 108 valence electrons. The van der Waals surface area contributed by atoms with Crippen LogP contribution in [0.4, 0.5) is 0 Å². The molecule has 0 aliphatic heterocycles. The van der Waals surface area contributed by atoms with Crippen LogP contribution >= 0.6 is 11.6 Å². The van der Waals surface area contributed by atoms with Gasteiger partial charge in [-0.1, -0.05) is 24.6 Å². The van der Waals surface area contributed by atoms with Crippen molar-refractivity contribution in [3.05, 3.63) is 46.8 Å². The zero-order valence-electron chi connectivity index (χ0n) is 12.3. The lowest BCUT2D eigenvalue weighted by molar-refractivity contribution is 0.290. The van der Waals surface area contributed by atoms with E-state index >= 15 is 0 Å². The Morgan fingerprint density at radius 2 is 2.05 bits per heavy atom. The standard InChI is InChI=1S/C16H21ClN2O/c1-4-14-9-15(19(5-2)18-14)11-20-16-7-6-12(3)8-13(16)10-17/h6-9H,4-5,10-11H2,1-3H3. The van der Waals surface area contributed by atoms with Gasteiger partial charge in [0.15, 0.2) is 0 Å². The maximum Gasteiger partial charge on any atom is 0.130 e. The van der Waals surface area contributed by atoms with Gasteiger partial charge in [-0.3, -0.25) is 4.68 Å². The molecule has 3 nitrogen and oxygen atoms in total. The highest BCUT2D eigenvalue weighted by molar-refractivity contribution is 6.17. The first-order valence-electron chi connectivity index (χ1n) is 7.01. The number of benzene rings is 1. The van der Waals surface area contributed by atoms with Crippen LogP contribution in [0.3, 0.4) is 0 Å². The lowest BCUT2D eigenvalue weighted by Crippen LogP contribution is -2.06. The third kappa shape index (κ3) is 3.34. The quantitative estimate of drug-likeness (QED) is 0.750. The van der Waals surface area contributed by atoms with E-state index in [2.05, 4.69) is 38.0 Å². The number of halogens is 1. The predicted molar refractivity (Wildman–Crippen MR) is 82.3 cm³/mol. The number of aromatic nitrogens is 2. The summed E-state index contributed by atoms with van der Waals surface area (Å²) in [6, 6.07) is 8.20. The SMILES string of the molecule is CCc1cc(COc2ccc(C)cc2CCl)n(CC)n1. The van der Waals surface area contributed by atoms with Crippen molar-refractivity contribution in [1.29, 1.82) is 0 Å². The fourth-order valence-corrected chi connectivity index (χ4v) is 2.39. The monoisotopic (exact) mass is 292 g/mol. The number of aryl methyl sites for hydroxylation is 3. The number of nitrogens with zero attached hydrogens (tertiary/aromatic N) is 2. The molecular formula is C16H21ClN2O. The van der Waals surface area contributed by atoms with Gasteiger partial charge in [-0.15, -0.1) is 11.6 Å². The van der Waals surface area contributed by atoms with Gasteiger partial charge in [0.05, 0.1) is 17.3 Å². The van der Waals surface area contributed by atoms with Crippen molar-refractivity contribution in [2.75, 3.05) is 0 Å². The summed E-state index contributed by atoms with van der Waals surface area (Å²) in [5, 5.41) is 4.53. The van der Waals surface area contributed by atoms with Crippen LogP contribution in [0.1, 0.15) is 36.4 Å². The Labute approximate surface area is 125 Å². The molecule has 4 heteroatoms. The molecule has 2 aromatic rings. The number of hydrogen-bond acceptors (Lipinski definition) is 2. The molecule has 0 spiro atoms. The molecule has 0 radical (unpaired) electrons. The van der Waals surface area contributed by atoms with Crippen LogP contribution in [-0.2, 0) is 25.5 Å². The first-order chi connectivity index (χ1) is 9.67. The Kier molecular flexibility index (Phi) is 5.07. The largest absolute Gasteiger partial charge is 0.487 e. The van der Waals surface area contributed by atoms with Crippen molar-refractivity contribution in [3.8, 4) is 5.75 Å². The van der Waals surface area contributed by atoms with E-state index in [0.29, 0.717) is 12.5 Å². The molecule has 0 saturated carbocycles. The molecular weight excluding hydrogens is 272 g/mol. The van der Waals surface area contributed by atoms with Gasteiger partial charge in [-0.05, 0) is 32.4 Å². The van der Waals surface area contributed by atoms with E-state index in [1.54, 1.807) is 0 Å². The summed E-state index contributed by atoms with van der Waals surface area (Å²) >= 11 is 5.97. The molecule has 0 atom stereocenters. The van der Waals surface area contributed by atoms with Crippen LogP contribution in [0.2, 0.25) is 0 Å². The lowest BCUT2D eigenvalue weighted by Gasteiger charge is -2.11. The number of ether oxygens (including phenoxy) is 1. The van der Waals surface area contributed by atoms with Crippen LogP contribution in [0.5, 0.6) is 5.75 Å². The van der Waals surface area contributed by atoms with E-state index in [-0.39, 0.29) is 0 Å². The predicted octanol–water partition coefficient (Wildman–Crippen LogP) is 4.09. The molecule has 0 saturated heterocycles. The van der Waals surface area contributed by atoms with Gasteiger partial charge in [0.1, 0.15) is 12.4 Å². The third-order valence-electron chi connectivity index (χ3n) is 3.31. The van der Waals surface area contributed by atoms with Gasteiger partial charge >= 0.3 is 0 Å².